The van der Waals surface area contributed by atoms with Crippen LogP contribution in [0.15, 0.2) is 0 Å². The van der Waals surface area contributed by atoms with Crippen molar-refractivity contribution in [3.63, 3.8) is 0 Å². The Hall–Kier alpha value is -0.530. The van der Waals surface area contributed by atoms with E-state index < -0.39 is 5.97 Å². The van der Waals surface area contributed by atoms with E-state index in [-0.39, 0.29) is 5.92 Å². The SMILES string of the molecule is CCCC(C)CCC(CCC)C(=O)O. The minimum Gasteiger partial charge on any atom is -0.481 e. The van der Waals surface area contributed by atoms with Gasteiger partial charge in [0.05, 0.1) is 5.92 Å². The van der Waals surface area contributed by atoms with Gasteiger partial charge in [-0.1, -0.05) is 40.0 Å². The van der Waals surface area contributed by atoms with Crippen LogP contribution in [0.5, 0.6) is 0 Å². The Morgan fingerprint density at radius 1 is 1.07 bits per heavy atom. The summed E-state index contributed by atoms with van der Waals surface area (Å²) >= 11 is 0. The van der Waals surface area contributed by atoms with Crippen LogP contribution in [0.4, 0.5) is 0 Å². The molecule has 0 aliphatic heterocycles. The number of hydrogen-bond donors (Lipinski definition) is 1. The van der Waals surface area contributed by atoms with Gasteiger partial charge in [0.1, 0.15) is 0 Å². The van der Waals surface area contributed by atoms with Crippen molar-refractivity contribution in [3.05, 3.63) is 0 Å². The summed E-state index contributed by atoms with van der Waals surface area (Å²) < 4.78 is 0. The van der Waals surface area contributed by atoms with Gasteiger partial charge >= 0.3 is 5.97 Å². The van der Waals surface area contributed by atoms with Crippen LogP contribution in [0.25, 0.3) is 0 Å². The molecule has 0 spiro atoms. The van der Waals surface area contributed by atoms with E-state index in [0.29, 0.717) is 5.92 Å². The molecule has 0 rings (SSSR count). The van der Waals surface area contributed by atoms with Crippen LogP contribution < -0.4 is 0 Å². The van der Waals surface area contributed by atoms with Crippen molar-refractivity contribution in [1.82, 2.24) is 0 Å². The molecule has 0 fully saturated rings. The average Bonchev–Trinajstić information content (AvgIpc) is 2.12. The zero-order chi connectivity index (χ0) is 11.0. The number of rotatable bonds is 8. The lowest BCUT2D eigenvalue weighted by Gasteiger charge is -2.14. The summed E-state index contributed by atoms with van der Waals surface area (Å²) in [4.78, 5) is 10.9. The summed E-state index contributed by atoms with van der Waals surface area (Å²) in [6, 6.07) is 0. The molecular weight excluding hydrogens is 176 g/mol. The second kappa shape index (κ2) is 7.84. The molecule has 0 aliphatic rings. The maximum absolute atomic E-state index is 10.9. The second-order valence-corrected chi connectivity index (χ2v) is 4.30. The molecule has 0 aromatic carbocycles. The van der Waals surface area contributed by atoms with E-state index >= 15 is 0 Å². The summed E-state index contributed by atoms with van der Waals surface area (Å²) in [6.45, 7) is 6.44. The Bertz CT molecular complexity index is 154. The maximum atomic E-state index is 10.9. The van der Waals surface area contributed by atoms with Gasteiger partial charge in [-0.05, 0) is 25.2 Å². The molecule has 0 amide bonds. The largest absolute Gasteiger partial charge is 0.481 e. The number of carboxylic acids is 1. The monoisotopic (exact) mass is 200 g/mol. The molecule has 0 saturated heterocycles. The lowest BCUT2D eigenvalue weighted by molar-refractivity contribution is -0.142. The van der Waals surface area contributed by atoms with E-state index in [4.69, 9.17) is 5.11 Å². The molecule has 1 N–H and O–H groups in total. The minimum absolute atomic E-state index is 0.112. The van der Waals surface area contributed by atoms with Crippen molar-refractivity contribution in [1.29, 1.82) is 0 Å². The Kier molecular flexibility index (Phi) is 7.54. The van der Waals surface area contributed by atoms with E-state index in [1.807, 2.05) is 6.92 Å². The maximum Gasteiger partial charge on any atom is 0.306 e. The summed E-state index contributed by atoms with van der Waals surface area (Å²) in [5.74, 6) is -0.0476. The molecular formula is C12H24O2. The first-order valence-electron chi connectivity index (χ1n) is 5.84. The summed E-state index contributed by atoms with van der Waals surface area (Å²) in [7, 11) is 0. The average molecular weight is 200 g/mol. The van der Waals surface area contributed by atoms with E-state index in [0.717, 1.165) is 25.7 Å². The van der Waals surface area contributed by atoms with Crippen molar-refractivity contribution >= 4 is 5.97 Å². The highest BCUT2D eigenvalue weighted by atomic mass is 16.4. The van der Waals surface area contributed by atoms with Crippen LogP contribution >= 0.6 is 0 Å². The van der Waals surface area contributed by atoms with Gasteiger partial charge in [0.25, 0.3) is 0 Å². The highest BCUT2D eigenvalue weighted by Crippen LogP contribution is 2.20. The van der Waals surface area contributed by atoms with Gasteiger partial charge in [0, 0.05) is 0 Å². The quantitative estimate of drug-likeness (QED) is 0.648. The summed E-state index contributed by atoms with van der Waals surface area (Å²) in [6.07, 6.45) is 6.13. The third kappa shape index (κ3) is 6.01. The molecule has 2 atom stereocenters. The Balaban J connectivity index is 3.75. The fraction of sp³-hybridized carbons (Fsp3) is 0.917. The first kappa shape index (κ1) is 13.5. The molecule has 0 aromatic heterocycles. The number of hydrogen-bond acceptors (Lipinski definition) is 1. The van der Waals surface area contributed by atoms with E-state index in [1.54, 1.807) is 0 Å². The summed E-state index contributed by atoms with van der Waals surface area (Å²) in [5, 5.41) is 8.95. The van der Waals surface area contributed by atoms with E-state index in [9.17, 15) is 4.79 Å². The fourth-order valence-corrected chi connectivity index (χ4v) is 1.86. The van der Waals surface area contributed by atoms with Gasteiger partial charge in [-0.25, -0.2) is 0 Å². The van der Waals surface area contributed by atoms with Gasteiger partial charge in [-0.2, -0.15) is 0 Å². The van der Waals surface area contributed by atoms with Crippen molar-refractivity contribution < 1.29 is 9.90 Å². The zero-order valence-corrected chi connectivity index (χ0v) is 9.75. The molecule has 0 heterocycles. The number of aliphatic carboxylic acids is 1. The molecule has 14 heavy (non-hydrogen) atoms. The van der Waals surface area contributed by atoms with Gasteiger partial charge < -0.3 is 5.11 Å². The molecule has 0 bridgehead atoms. The van der Waals surface area contributed by atoms with E-state index in [2.05, 4.69) is 13.8 Å². The van der Waals surface area contributed by atoms with Gasteiger partial charge in [0.15, 0.2) is 0 Å². The molecule has 2 unspecified atom stereocenters. The number of carboxylic acid groups (broad SMARTS) is 1. The first-order chi connectivity index (χ1) is 6.61. The van der Waals surface area contributed by atoms with Crippen molar-refractivity contribution in [2.75, 3.05) is 0 Å². The third-order valence-corrected chi connectivity index (χ3v) is 2.78. The standard InChI is InChI=1S/C12H24O2/c1-4-6-10(3)8-9-11(7-5-2)12(13)14/h10-11H,4-9H2,1-3H3,(H,13,14). The van der Waals surface area contributed by atoms with E-state index in [1.165, 1.54) is 12.8 Å². The normalized spacial score (nSPS) is 15.1. The van der Waals surface area contributed by atoms with Gasteiger partial charge in [-0.15, -0.1) is 0 Å². The molecule has 2 heteroatoms. The molecule has 2 nitrogen and oxygen atoms in total. The Labute approximate surface area is 87.7 Å². The third-order valence-electron chi connectivity index (χ3n) is 2.78. The lowest BCUT2D eigenvalue weighted by atomic mass is 9.91. The Morgan fingerprint density at radius 3 is 2.07 bits per heavy atom. The van der Waals surface area contributed by atoms with Gasteiger partial charge in [-0.3, -0.25) is 4.79 Å². The Morgan fingerprint density at radius 2 is 1.64 bits per heavy atom. The minimum atomic E-state index is -0.615. The van der Waals surface area contributed by atoms with Crippen LogP contribution in [-0.4, -0.2) is 11.1 Å². The fourth-order valence-electron chi connectivity index (χ4n) is 1.86. The van der Waals surface area contributed by atoms with Crippen molar-refractivity contribution in [2.45, 2.75) is 59.3 Å². The topological polar surface area (TPSA) is 37.3 Å². The number of carbonyl (C=O) groups is 1. The van der Waals surface area contributed by atoms with Crippen LogP contribution in [0.3, 0.4) is 0 Å². The molecule has 0 saturated carbocycles. The predicted octanol–water partition coefficient (Wildman–Crippen LogP) is 3.70. The lowest BCUT2D eigenvalue weighted by Crippen LogP contribution is -2.14. The smallest absolute Gasteiger partial charge is 0.306 e. The molecule has 0 aromatic rings. The predicted molar refractivity (Wildman–Crippen MR) is 59.3 cm³/mol. The highest BCUT2D eigenvalue weighted by molar-refractivity contribution is 5.69. The first-order valence-corrected chi connectivity index (χ1v) is 5.84. The second-order valence-electron chi connectivity index (χ2n) is 4.30. The van der Waals surface area contributed by atoms with Gasteiger partial charge in [0.2, 0.25) is 0 Å². The molecule has 84 valence electrons. The van der Waals surface area contributed by atoms with Crippen LogP contribution in [0, 0.1) is 11.8 Å². The molecule has 0 radical (unpaired) electrons. The highest BCUT2D eigenvalue weighted by Gasteiger charge is 2.16. The van der Waals surface area contributed by atoms with Crippen LogP contribution in [0.1, 0.15) is 59.3 Å². The molecule has 0 aliphatic carbocycles. The zero-order valence-electron chi connectivity index (χ0n) is 9.75. The van der Waals surface area contributed by atoms with Crippen molar-refractivity contribution in [3.8, 4) is 0 Å². The van der Waals surface area contributed by atoms with Crippen molar-refractivity contribution in [2.24, 2.45) is 11.8 Å². The van der Waals surface area contributed by atoms with Crippen LogP contribution in [-0.2, 0) is 4.79 Å². The van der Waals surface area contributed by atoms with Crippen LogP contribution in [0.2, 0.25) is 0 Å². The summed E-state index contributed by atoms with van der Waals surface area (Å²) in [5.41, 5.74) is 0.